The third-order valence-electron chi connectivity index (χ3n) is 3.62. The van der Waals surface area contributed by atoms with Gasteiger partial charge >= 0.3 is 0 Å². The van der Waals surface area contributed by atoms with Crippen molar-refractivity contribution in [2.75, 3.05) is 16.0 Å². The van der Waals surface area contributed by atoms with E-state index in [1.165, 1.54) is 19.2 Å². The zero-order valence-electron chi connectivity index (χ0n) is 14.9. The zero-order valence-corrected chi connectivity index (χ0v) is 14.9. The van der Waals surface area contributed by atoms with Crippen molar-refractivity contribution < 1.29 is 9.59 Å². The predicted octanol–water partition coefficient (Wildman–Crippen LogP) is 3.30. The van der Waals surface area contributed by atoms with Gasteiger partial charge in [-0.15, -0.1) is 0 Å². The van der Waals surface area contributed by atoms with Gasteiger partial charge in [0.15, 0.2) is 0 Å². The Morgan fingerprint density at radius 3 is 2.57 bits per heavy atom. The molecule has 1 aromatic heterocycles. The van der Waals surface area contributed by atoms with E-state index >= 15 is 0 Å². The van der Waals surface area contributed by atoms with Crippen LogP contribution < -0.4 is 16.0 Å². The zero-order chi connectivity index (χ0) is 19.9. The monoisotopic (exact) mass is 372 g/mol. The van der Waals surface area contributed by atoms with Crippen LogP contribution >= 0.6 is 0 Å². The molecule has 0 spiro atoms. The quantitative estimate of drug-likeness (QED) is 0.632. The summed E-state index contributed by atoms with van der Waals surface area (Å²) in [6, 6.07) is 17.2. The van der Waals surface area contributed by atoms with E-state index in [4.69, 9.17) is 5.26 Å². The fourth-order valence-corrected chi connectivity index (χ4v) is 2.43. The molecule has 1 heterocycles. The Labute approximate surface area is 161 Å². The van der Waals surface area contributed by atoms with Gasteiger partial charge in [0.05, 0.1) is 11.3 Å². The van der Waals surface area contributed by atoms with Crippen molar-refractivity contribution in [2.24, 2.45) is 0 Å². The van der Waals surface area contributed by atoms with Crippen molar-refractivity contribution in [3.63, 3.8) is 0 Å². The van der Waals surface area contributed by atoms with E-state index < -0.39 is 5.91 Å². The highest BCUT2D eigenvalue weighted by Gasteiger charge is 2.11. The predicted molar refractivity (Wildman–Crippen MR) is 105 cm³/mol. The fourth-order valence-electron chi connectivity index (χ4n) is 2.43. The van der Waals surface area contributed by atoms with Crippen LogP contribution in [0.2, 0.25) is 0 Å². The number of carbonyl (C=O) groups is 2. The van der Waals surface area contributed by atoms with Gasteiger partial charge in [0, 0.05) is 24.5 Å². The standard InChI is InChI=1S/C20H16N6O2/c1-13(27)23-15-6-4-7-16(11-15)24-20-22-10-9-18(26-20)19(28)25-17-8-3-2-5-14(17)12-21/h2-11H,1H3,(H,23,27)(H,25,28)(H,22,24,26). The molecule has 0 fully saturated rings. The lowest BCUT2D eigenvalue weighted by molar-refractivity contribution is -0.114. The lowest BCUT2D eigenvalue weighted by Gasteiger charge is -2.09. The molecule has 0 bridgehead atoms. The number of benzene rings is 2. The van der Waals surface area contributed by atoms with E-state index in [9.17, 15) is 9.59 Å². The Balaban J connectivity index is 1.76. The van der Waals surface area contributed by atoms with Crippen LogP contribution in [-0.2, 0) is 4.79 Å². The Morgan fingerprint density at radius 1 is 1.00 bits per heavy atom. The number of aromatic nitrogens is 2. The van der Waals surface area contributed by atoms with Crippen LogP contribution in [0.5, 0.6) is 0 Å². The highest BCUT2D eigenvalue weighted by Crippen LogP contribution is 2.19. The van der Waals surface area contributed by atoms with E-state index in [0.29, 0.717) is 22.6 Å². The summed E-state index contributed by atoms with van der Waals surface area (Å²) in [5.74, 6) is -0.411. The topological polar surface area (TPSA) is 120 Å². The Morgan fingerprint density at radius 2 is 1.79 bits per heavy atom. The second-order valence-electron chi connectivity index (χ2n) is 5.76. The number of amides is 2. The van der Waals surface area contributed by atoms with Crippen molar-refractivity contribution in [2.45, 2.75) is 6.92 Å². The summed E-state index contributed by atoms with van der Waals surface area (Å²) in [4.78, 5) is 32.0. The summed E-state index contributed by atoms with van der Waals surface area (Å²) in [6.07, 6.45) is 1.46. The summed E-state index contributed by atoms with van der Waals surface area (Å²) < 4.78 is 0. The van der Waals surface area contributed by atoms with Crippen molar-refractivity contribution in [3.8, 4) is 6.07 Å². The van der Waals surface area contributed by atoms with E-state index in [-0.39, 0.29) is 17.5 Å². The van der Waals surface area contributed by atoms with Gasteiger partial charge in [-0.2, -0.15) is 5.26 Å². The molecule has 8 nitrogen and oxygen atoms in total. The van der Waals surface area contributed by atoms with Crippen LogP contribution in [0.1, 0.15) is 23.0 Å². The fraction of sp³-hybridized carbons (Fsp3) is 0.0500. The minimum absolute atomic E-state index is 0.142. The lowest BCUT2D eigenvalue weighted by Crippen LogP contribution is -2.15. The maximum Gasteiger partial charge on any atom is 0.274 e. The van der Waals surface area contributed by atoms with Gasteiger partial charge < -0.3 is 16.0 Å². The highest BCUT2D eigenvalue weighted by molar-refractivity contribution is 6.03. The molecule has 0 saturated heterocycles. The van der Waals surface area contributed by atoms with Crippen LogP contribution in [0.3, 0.4) is 0 Å². The van der Waals surface area contributed by atoms with Crippen molar-refractivity contribution in [1.82, 2.24) is 9.97 Å². The van der Waals surface area contributed by atoms with Crippen molar-refractivity contribution in [1.29, 1.82) is 5.26 Å². The molecular weight excluding hydrogens is 356 g/mol. The van der Waals surface area contributed by atoms with Crippen LogP contribution in [0.4, 0.5) is 23.0 Å². The molecule has 3 aromatic rings. The second kappa shape index (κ2) is 8.42. The van der Waals surface area contributed by atoms with Crippen molar-refractivity contribution >= 4 is 34.8 Å². The third-order valence-corrected chi connectivity index (χ3v) is 3.62. The first kappa shape index (κ1) is 18.5. The molecule has 8 heteroatoms. The number of anilines is 4. The summed E-state index contributed by atoms with van der Waals surface area (Å²) in [5.41, 5.74) is 2.19. The average molecular weight is 372 g/mol. The molecule has 0 saturated carbocycles. The van der Waals surface area contributed by atoms with Crippen LogP contribution in [-0.4, -0.2) is 21.8 Å². The van der Waals surface area contributed by atoms with Gasteiger partial charge in [0.25, 0.3) is 5.91 Å². The molecule has 3 rings (SSSR count). The molecule has 0 aliphatic heterocycles. The second-order valence-corrected chi connectivity index (χ2v) is 5.76. The third kappa shape index (κ3) is 4.68. The maximum atomic E-state index is 12.5. The normalized spacial score (nSPS) is 9.86. The van der Waals surface area contributed by atoms with Crippen molar-refractivity contribution in [3.05, 3.63) is 72.1 Å². The number of hydrogen-bond donors (Lipinski definition) is 3. The van der Waals surface area contributed by atoms with Gasteiger partial charge in [-0.3, -0.25) is 9.59 Å². The van der Waals surface area contributed by atoms with Gasteiger partial charge in [0.2, 0.25) is 11.9 Å². The number of nitriles is 1. The largest absolute Gasteiger partial charge is 0.326 e. The van der Waals surface area contributed by atoms with E-state index in [2.05, 4.69) is 25.9 Å². The Bertz CT molecular complexity index is 1070. The number of para-hydroxylation sites is 1. The van der Waals surface area contributed by atoms with E-state index in [1.807, 2.05) is 6.07 Å². The number of nitrogens with one attached hydrogen (secondary N) is 3. The highest BCUT2D eigenvalue weighted by atomic mass is 16.2. The van der Waals surface area contributed by atoms with E-state index in [1.54, 1.807) is 48.5 Å². The minimum atomic E-state index is -0.458. The summed E-state index contributed by atoms with van der Waals surface area (Å²) in [7, 11) is 0. The maximum absolute atomic E-state index is 12.5. The first-order valence-corrected chi connectivity index (χ1v) is 8.33. The van der Waals surface area contributed by atoms with Crippen LogP contribution in [0.25, 0.3) is 0 Å². The molecular formula is C20H16N6O2. The van der Waals surface area contributed by atoms with E-state index in [0.717, 1.165) is 0 Å². The van der Waals surface area contributed by atoms with Crippen LogP contribution in [0.15, 0.2) is 60.8 Å². The molecule has 2 aromatic carbocycles. The number of nitrogens with zero attached hydrogens (tertiary/aromatic N) is 3. The van der Waals surface area contributed by atoms with Gasteiger partial charge in [0.1, 0.15) is 11.8 Å². The summed E-state index contributed by atoms with van der Waals surface area (Å²) >= 11 is 0. The number of hydrogen-bond acceptors (Lipinski definition) is 6. The smallest absolute Gasteiger partial charge is 0.274 e. The molecule has 138 valence electrons. The number of rotatable bonds is 5. The molecule has 2 amide bonds. The molecule has 28 heavy (non-hydrogen) atoms. The summed E-state index contributed by atoms with van der Waals surface area (Å²) in [5, 5.41) is 17.5. The summed E-state index contributed by atoms with van der Waals surface area (Å²) in [6.45, 7) is 1.43. The molecule has 0 radical (unpaired) electrons. The molecule has 0 aliphatic rings. The SMILES string of the molecule is CC(=O)Nc1cccc(Nc2nccc(C(=O)Nc3ccccc3C#N)n2)c1. The Kier molecular flexibility index (Phi) is 5.58. The molecule has 0 aliphatic carbocycles. The van der Waals surface area contributed by atoms with Gasteiger partial charge in [-0.1, -0.05) is 18.2 Å². The minimum Gasteiger partial charge on any atom is -0.326 e. The first-order chi connectivity index (χ1) is 13.5. The van der Waals surface area contributed by atoms with Crippen LogP contribution in [0, 0.1) is 11.3 Å². The molecule has 0 unspecified atom stereocenters. The van der Waals surface area contributed by atoms with Gasteiger partial charge in [-0.25, -0.2) is 9.97 Å². The molecule has 3 N–H and O–H groups in total. The average Bonchev–Trinajstić information content (AvgIpc) is 2.68. The lowest BCUT2D eigenvalue weighted by atomic mass is 10.2. The Hall–Kier alpha value is -4.25. The first-order valence-electron chi connectivity index (χ1n) is 8.33. The molecule has 0 atom stereocenters. The number of carbonyl (C=O) groups excluding carboxylic acids is 2. The van der Waals surface area contributed by atoms with Gasteiger partial charge in [-0.05, 0) is 36.4 Å².